The SMILES string of the molecule is C[Si](C)(C)OCC(=O)Nc1cccc2[cH-]c3c(c12)[Si]3(C)C.[Cl-].[Cl-].[Zr+3]. The van der Waals surface area contributed by atoms with E-state index in [2.05, 4.69) is 50.2 Å². The van der Waals surface area contributed by atoms with Crippen molar-refractivity contribution < 1.29 is 60.2 Å². The van der Waals surface area contributed by atoms with Crippen molar-refractivity contribution in [3.8, 4) is 0 Å². The standard InChI is InChI=1S/C16H22NO2Si2.2ClH.Zr/c1-20(2,3)19-10-14(18)17-12-8-6-7-11-9-13-16(15(11)12)21(13,4)5;;;/h6-9H,10H2,1-5H3,(H,17,18);2*1H;/q-1;;;+3/p-2. The van der Waals surface area contributed by atoms with Crippen LogP contribution in [0.25, 0.3) is 10.8 Å². The minimum atomic E-state index is -1.66. The van der Waals surface area contributed by atoms with Gasteiger partial charge in [-0.15, -0.1) is 29.0 Å². The summed E-state index contributed by atoms with van der Waals surface area (Å²) in [7, 11) is -2.94. The van der Waals surface area contributed by atoms with Crippen LogP contribution >= 0.6 is 0 Å². The molecule has 1 radical (unpaired) electrons. The topological polar surface area (TPSA) is 38.3 Å². The molecule has 0 saturated heterocycles. The van der Waals surface area contributed by atoms with Gasteiger partial charge in [0, 0.05) is 8.07 Å². The van der Waals surface area contributed by atoms with Gasteiger partial charge in [-0.3, -0.25) is 4.79 Å². The fourth-order valence-electron chi connectivity index (χ4n) is 2.89. The number of anilines is 1. The summed E-state index contributed by atoms with van der Waals surface area (Å²) in [5.41, 5.74) is 0.941. The zero-order valence-electron chi connectivity index (χ0n) is 14.6. The van der Waals surface area contributed by atoms with E-state index < -0.39 is 16.4 Å². The first kappa shape index (κ1) is 24.2. The maximum Gasteiger partial charge on any atom is 3.00 e. The first-order valence-electron chi connectivity index (χ1n) is 7.37. The third-order valence-corrected chi connectivity index (χ3v) is 8.33. The summed E-state index contributed by atoms with van der Waals surface area (Å²) in [5.74, 6) is -0.0556. The second-order valence-corrected chi connectivity index (χ2v) is 16.1. The summed E-state index contributed by atoms with van der Waals surface area (Å²) in [6.07, 6.45) is 0. The summed E-state index contributed by atoms with van der Waals surface area (Å²) in [4.78, 5) is 12.1. The summed E-state index contributed by atoms with van der Waals surface area (Å²) >= 11 is 0. The molecule has 1 aliphatic heterocycles. The number of carbonyl (C=O) groups excluding carboxylic acids is 1. The molecule has 24 heavy (non-hydrogen) atoms. The van der Waals surface area contributed by atoms with Crippen LogP contribution in [0, 0.1) is 0 Å². The van der Waals surface area contributed by atoms with Crippen molar-refractivity contribution in [2.75, 3.05) is 11.9 Å². The molecular formula is C16H22Cl2NO2Si2Zr. The summed E-state index contributed by atoms with van der Waals surface area (Å²) in [5, 5.41) is 8.59. The molecule has 1 heterocycles. The molecule has 129 valence electrons. The molecular weight excluding hydrogens is 456 g/mol. The molecule has 0 spiro atoms. The third-order valence-electron chi connectivity index (χ3n) is 4.06. The number of rotatable bonds is 4. The first-order chi connectivity index (χ1) is 9.70. The summed E-state index contributed by atoms with van der Waals surface area (Å²) < 4.78 is 5.68. The Morgan fingerprint density at radius 2 is 1.88 bits per heavy atom. The Balaban J connectivity index is 0.00000176. The molecule has 1 amide bonds. The Labute approximate surface area is 177 Å². The van der Waals surface area contributed by atoms with Gasteiger partial charge in [0.15, 0.2) is 8.32 Å². The summed E-state index contributed by atoms with van der Waals surface area (Å²) in [6.45, 7) is 11.1. The second kappa shape index (κ2) is 8.23. The van der Waals surface area contributed by atoms with Crippen molar-refractivity contribution in [1.82, 2.24) is 0 Å². The van der Waals surface area contributed by atoms with Crippen molar-refractivity contribution in [3.63, 3.8) is 0 Å². The minimum absolute atomic E-state index is 0. The molecule has 0 unspecified atom stereocenters. The third kappa shape index (κ3) is 4.66. The number of fused-ring (bicyclic) bond motifs is 3. The van der Waals surface area contributed by atoms with Gasteiger partial charge in [-0.2, -0.15) is 10.4 Å². The Morgan fingerprint density at radius 3 is 2.46 bits per heavy atom. The van der Waals surface area contributed by atoms with Crippen LogP contribution < -0.4 is 40.5 Å². The monoisotopic (exact) mass is 476 g/mol. The fraction of sp³-hybridized carbons (Fsp3) is 0.375. The number of amides is 1. The van der Waals surface area contributed by atoms with Gasteiger partial charge in [0.1, 0.15) is 6.61 Å². The van der Waals surface area contributed by atoms with Gasteiger partial charge in [0.05, 0.1) is 0 Å². The van der Waals surface area contributed by atoms with E-state index in [-0.39, 0.29) is 63.5 Å². The van der Waals surface area contributed by atoms with Gasteiger partial charge < -0.3 is 34.6 Å². The van der Waals surface area contributed by atoms with Crippen LogP contribution in [0.4, 0.5) is 5.69 Å². The van der Waals surface area contributed by atoms with E-state index in [0.717, 1.165) is 5.69 Å². The first-order valence-corrected chi connectivity index (χ1v) is 13.8. The molecule has 1 aliphatic rings. The Morgan fingerprint density at radius 1 is 1.25 bits per heavy atom. The van der Waals surface area contributed by atoms with Crippen LogP contribution in [0.3, 0.4) is 0 Å². The number of hydrogen-bond donors (Lipinski definition) is 1. The molecule has 8 heteroatoms. The number of nitrogens with one attached hydrogen (secondary N) is 1. The molecule has 0 fully saturated rings. The van der Waals surface area contributed by atoms with Crippen LogP contribution in [0.1, 0.15) is 0 Å². The van der Waals surface area contributed by atoms with Gasteiger partial charge in [0.2, 0.25) is 5.91 Å². The molecule has 0 bridgehead atoms. The number of hydrogen-bond acceptors (Lipinski definition) is 2. The van der Waals surface area contributed by atoms with E-state index in [1.54, 1.807) is 0 Å². The fourth-order valence-corrected chi connectivity index (χ4v) is 6.82. The molecule has 3 nitrogen and oxygen atoms in total. The van der Waals surface area contributed by atoms with E-state index in [0.29, 0.717) is 0 Å². The van der Waals surface area contributed by atoms with Gasteiger partial charge in [-0.25, -0.2) is 0 Å². The quantitative estimate of drug-likeness (QED) is 0.366. The molecule has 0 atom stereocenters. The van der Waals surface area contributed by atoms with Crippen LogP contribution in [-0.2, 0) is 35.4 Å². The molecule has 3 rings (SSSR count). The molecule has 1 N–H and O–H groups in total. The van der Waals surface area contributed by atoms with Crippen molar-refractivity contribution in [2.24, 2.45) is 0 Å². The van der Waals surface area contributed by atoms with Crippen LogP contribution in [0.15, 0.2) is 24.3 Å². The summed E-state index contributed by atoms with van der Waals surface area (Å²) in [6, 6.07) is 8.42. The van der Waals surface area contributed by atoms with Gasteiger partial charge in [0.25, 0.3) is 0 Å². The van der Waals surface area contributed by atoms with Gasteiger partial charge in [-0.05, 0) is 25.3 Å². The minimum Gasteiger partial charge on any atom is -1.00 e. The molecule has 2 aromatic carbocycles. The van der Waals surface area contributed by atoms with Crippen molar-refractivity contribution in [2.45, 2.75) is 32.7 Å². The number of halogens is 2. The molecule has 0 aromatic heterocycles. The zero-order chi connectivity index (χ0) is 15.4. The number of carbonyl (C=O) groups is 1. The van der Waals surface area contributed by atoms with E-state index in [1.807, 2.05) is 12.1 Å². The van der Waals surface area contributed by atoms with E-state index in [1.165, 1.54) is 21.1 Å². The second-order valence-electron chi connectivity index (χ2n) is 7.28. The van der Waals surface area contributed by atoms with E-state index in [9.17, 15) is 4.79 Å². The van der Waals surface area contributed by atoms with Crippen LogP contribution in [0.2, 0.25) is 32.7 Å². The van der Waals surface area contributed by atoms with Crippen molar-refractivity contribution >= 4 is 49.1 Å². The maximum atomic E-state index is 12.1. The smallest absolute Gasteiger partial charge is 1.00 e. The largest absolute Gasteiger partial charge is 3.00 e. The Kier molecular flexibility index (Phi) is 8.29. The van der Waals surface area contributed by atoms with Crippen molar-refractivity contribution in [1.29, 1.82) is 0 Å². The van der Waals surface area contributed by atoms with Crippen molar-refractivity contribution in [3.05, 3.63) is 24.3 Å². The maximum absolute atomic E-state index is 12.1. The molecule has 0 saturated carbocycles. The Bertz CT molecular complexity index is 741. The van der Waals surface area contributed by atoms with E-state index >= 15 is 0 Å². The normalized spacial score (nSPS) is 13.9. The van der Waals surface area contributed by atoms with Crippen LogP contribution in [-0.4, -0.2) is 28.9 Å². The molecule has 0 aliphatic carbocycles. The predicted molar refractivity (Wildman–Crippen MR) is 94.2 cm³/mol. The van der Waals surface area contributed by atoms with Gasteiger partial charge in [-0.1, -0.05) is 19.2 Å². The molecule has 2 aromatic rings. The number of benzene rings is 1. The van der Waals surface area contributed by atoms with Crippen LogP contribution in [0.5, 0.6) is 0 Å². The Hall–Kier alpha value is 0.157. The zero-order valence-corrected chi connectivity index (χ0v) is 20.6. The average Bonchev–Trinajstić information content (AvgIpc) is 2.73. The predicted octanol–water partition coefficient (Wildman–Crippen LogP) is -3.51. The average molecular weight is 479 g/mol. The van der Waals surface area contributed by atoms with E-state index in [4.69, 9.17) is 4.43 Å². The van der Waals surface area contributed by atoms with Gasteiger partial charge >= 0.3 is 26.2 Å².